The molecule has 0 unspecified atom stereocenters. The van der Waals surface area contributed by atoms with E-state index in [0.717, 1.165) is 0 Å². The minimum absolute atomic E-state index is 0. The molecule has 0 bridgehead atoms. The Morgan fingerprint density at radius 1 is 1.05 bits per heavy atom. The van der Waals surface area contributed by atoms with Gasteiger partial charge in [0.25, 0.3) is 0 Å². The Balaban J connectivity index is 0. The second-order valence-electron chi connectivity index (χ2n) is 6.10. The van der Waals surface area contributed by atoms with Crippen LogP contribution < -0.4 is 21.3 Å². The summed E-state index contributed by atoms with van der Waals surface area (Å²) in [5.74, 6) is 0.421. The summed E-state index contributed by atoms with van der Waals surface area (Å²) in [6.45, 7) is 10.7. The van der Waals surface area contributed by atoms with Crippen LogP contribution in [0.2, 0.25) is 0 Å². The summed E-state index contributed by atoms with van der Waals surface area (Å²) >= 11 is 0. The Hall–Kier alpha value is -1.06. The highest BCUT2D eigenvalue weighted by atomic mass is 127. The summed E-state index contributed by atoms with van der Waals surface area (Å²) in [7, 11) is 1.63. The second kappa shape index (κ2) is 11.5. The van der Waals surface area contributed by atoms with Gasteiger partial charge < -0.3 is 21.3 Å². The molecule has 0 spiro atoms. The third-order valence-electron chi connectivity index (χ3n) is 2.40. The van der Waals surface area contributed by atoms with Gasteiger partial charge in [0, 0.05) is 31.6 Å². The number of carbonyl (C=O) groups is 2. The molecule has 0 saturated heterocycles. The fourth-order valence-electron chi connectivity index (χ4n) is 1.42. The molecule has 4 N–H and O–H groups in total. The molecule has 0 aromatic carbocycles. The minimum Gasteiger partial charge on any atom is -0.355 e. The lowest BCUT2D eigenvalue weighted by Gasteiger charge is -2.21. The second-order valence-corrected chi connectivity index (χ2v) is 6.10. The maximum absolute atomic E-state index is 11.7. The van der Waals surface area contributed by atoms with Crippen molar-refractivity contribution in [2.45, 2.75) is 40.2 Å². The predicted molar refractivity (Wildman–Crippen MR) is 101 cm³/mol. The molecule has 8 heteroatoms. The van der Waals surface area contributed by atoms with Crippen molar-refractivity contribution in [1.29, 1.82) is 0 Å². The molecule has 0 saturated carbocycles. The van der Waals surface area contributed by atoms with Gasteiger partial charge in [-0.15, -0.1) is 24.0 Å². The zero-order valence-corrected chi connectivity index (χ0v) is 16.7. The topological polar surface area (TPSA) is 94.6 Å². The van der Waals surface area contributed by atoms with Gasteiger partial charge in [0.2, 0.25) is 11.8 Å². The Morgan fingerprint density at radius 2 is 1.59 bits per heavy atom. The van der Waals surface area contributed by atoms with Crippen molar-refractivity contribution >= 4 is 41.8 Å². The van der Waals surface area contributed by atoms with Crippen LogP contribution in [0.4, 0.5) is 0 Å². The first-order valence-electron chi connectivity index (χ1n) is 7.19. The lowest BCUT2D eigenvalue weighted by atomic mass is 10.1. The van der Waals surface area contributed by atoms with Gasteiger partial charge in [0.15, 0.2) is 5.96 Å². The lowest BCUT2D eigenvalue weighted by molar-refractivity contribution is -0.124. The van der Waals surface area contributed by atoms with Crippen LogP contribution in [-0.4, -0.2) is 50.0 Å². The van der Waals surface area contributed by atoms with Crippen LogP contribution in [0.25, 0.3) is 0 Å². The van der Waals surface area contributed by atoms with Gasteiger partial charge in [-0.1, -0.05) is 13.8 Å². The minimum atomic E-state index is -0.253. The predicted octanol–water partition coefficient (Wildman–Crippen LogP) is 0.456. The average Bonchev–Trinajstić information content (AvgIpc) is 2.35. The standard InChI is InChI=1S/C14H29N5O2.HI/c1-10(2)12(21)16-7-8-17-13(15-6)18-9-11(20)19-14(3,4)5;/h10H,7-9H2,1-6H3,(H,16,21)(H,19,20)(H2,15,17,18);1H. The van der Waals surface area contributed by atoms with Crippen molar-refractivity contribution in [2.24, 2.45) is 10.9 Å². The summed E-state index contributed by atoms with van der Waals surface area (Å²) in [6.07, 6.45) is 0. The number of aliphatic imine (C=N–C) groups is 1. The molecule has 0 heterocycles. The molecular formula is C14H30IN5O2. The average molecular weight is 427 g/mol. The van der Waals surface area contributed by atoms with E-state index in [0.29, 0.717) is 19.0 Å². The van der Waals surface area contributed by atoms with Gasteiger partial charge >= 0.3 is 0 Å². The third-order valence-corrected chi connectivity index (χ3v) is 2.40. The maximum Gasteiger partial charge on any atom is 0.239 e. The van der Waals surface area contributed by atoms with E-state index in [-0.39, 0.29) is 53.8 Å². The van der Waals surface area contributed by atoms with Gasteiger partial charge in [-0.3, -0.25) is 14.6 Å². The van der Waals surface area contributed by atoms with Crippen molar-refractivity contribution in [3.63, 3.8) is 0 Å². The molecule has 7 nitrogen and oxygen atoms in total. The lowest BCUT2D eigenvalue weighted by Crippen LogP contribution is -2.49. The Bertz CT molecular complexity index is 378. The number of nitrogens with zero attached hydrogens (tertiary/aromatic N) is 1. The van der Waals surface area contributed by atoms with Gasteiger partial charge in [-0.2, -0.15) is 0 Å². The van der Waals surface area contributed by atoms with E-state index >= 15 is 0 Å². The van der Waals surface area contributed by atoms with Crippen LogP contribution in [0.3, 0.4) is 0 Å². The van der Waals surface area contributed by atoms with Gasteiger partial charge in [0.1, 0.15) is 0 Å². The van der Waals surface area contributed by atoms with E-state index < -0.39 is 0 Å². The highest BCUT2D eigenvalue weighted by Crippen LogP contribution is 1.97. The van der Waals surface area contributed by atoms with E-state index in [9.17, 15) is 9.59 Å². The first-order chi connectivity index (χ1) is 9.65. The van der Waals surface area contributed by atoms with E-state index in [1.54, 1.807) is 7.05 Å². The van der Waals surface area contributed by atoms with Gasteiger partial charge in [-0.05, 0) is 20.8 Å². The number of hydrogen-bond donors (Lipinski definition) is 4. The Kier molecular flexibility index (Phi) is 12.1. The van der Waals surface area contributed by atoms with Crippen molar-refractivity contribution in [1.82, 2.24) is 21.3 Å². The number of rotatable bonds is 6. The van der Waals surface area contributed by atoms with Crippen molar-refractivity contribution in [3.05, 3.63) is 0 Å². The zero-order chi connectivity index (χ0) is 16.5. The van der Waals surface area contributed by atoms with Crippen molar-refractivity contribution < 1.29 is 9.59 Å². The highest BCUT2D eigenvalue weighted by molar-refractivity contribution is 14.0. The molecule has 0 aromatic heterocycles. The van der Waals surface area contributed by atoms with Crippen LogP contribution in [0.15, 0.2) is 4.99 Å². The smallest absolute Gasteiger partial charge is 0.239 e. The van der Waals surface area contributed by atoms with Crippen LogP contribution in [0, 0.1) is 5.92 Å². The van der Waals surface area contributed by atoms with Crippen LogP contribution in [0.5, 0.6) is 0 Å². The van der Waals surface area contributed by atoms with Crippen LogP contribution >= 0.6 is 24.0 Å². The Labute approximate surface area is 150 Å². The fraction of sp³-hybridized carbons (Fsp3) is 0.786. The van der Waals surface area contributed by atoms with Crippen LogP contribution in [-0.2, 0) is 9.59 Å². The molecular weight excluding hydrogens is 397 g/mol. The number of carbonyl (C=O) groups excluding carboxylic acids is 2. The quantitative estimate of drug-likeness (QED) is 0.214. The summed E-state index contributed by atoms with van der Waals surface area (Å²) in [5, 5.41) is 11.6. The number of amides is 2. The SMILES string of the molecule is CN=C(NCCNC(=O)C(C)C)NCC(=O)NC(C)(C)C.I. The molecule has 0 aromatic rings. The molecule has 0 fully saturated rings. The van der Waals surface area contributed by atoms with Crippen molar-refractivity contribution in [3.8, 4) is 0 Å². The van der Waals surface area contributed by atoms with E-state index in [2.05, 4.69) is 26.3 Å². The molecule has 2 amide bonds. The summed E-state index contributed by atoms with van der Waals surface area (Å²) in [4.78, 5) is 27.0. The largest absolute Gasteiger partial charge is 0.355 e. The Morgan fingerprint density at radius 3 is 2.05 bits per heavy atom. The first-order valence-corrected chi connectivity index (χ1v) is 7.19. The molecule has 0 radical (unpaired) electrons. The van der Waals surface area contributed by atoms with Crippen LogP contribution in [0.1, 0.15) is 34.6 Å². The van der Waals surface area contributed by atoms with Crippen molar-refractivity contribution in [2.75, 3.05) is 26.7 Å². The molecule has 130 valence electrons. The van der Waals surface area contributed by atoms with E-state index in [1.165, 1.54) is 0 Å². The van der Waals surface area contributed by atoms with Gasteiger partial charge in [0.05, 0.1) is 6.54 Å². The van der Waals surface area contributed by atoms with Gasteiger partial charge in [-0.25, -0.2) is 0 Å². The maximum atomic E-state index is 11.7. The molecule has 0 aliphatic heterocycles. The number of nitrogens with one attached hydrogen (secondary N) is 4. The first kappa shape index (κ1) is 23.2. The van der Waals surface area contributed by atoms with E-state index in [4.69, 9.17) is 0 Å². The zero-order valence-electron chi connectivity index (χ0n) is 14.4. The number of guanidine groups is 1. The summed E-state index contributed by atoms with van der Waals surface area (Å²) in [6, 6.07) is 0. The number of hydrogen-bond acceptors (Lipinski definition) is 3. The van der Waals surface area contributed by atoms with E-state index in [1.807, 2.05) is 34.6 Å². The molecule has 0 aliphatic carbocycles. The normalized spacial score (nSPS) is 11.5. The molecule has 0 aliphatic rings. The summed E-state index contributed by atoms with van der Waals surface area (Å²) < 4.78 is 0. The fourth-order valence-corrected chi connectivity index (χ4v) is 1.42. The monoisotopic (exact) mass is 427 g/mol. The third kappa shape index (κ3) is 12.7. The molecule has 0 rings (SSSR count). The molecule has 22 heavy (non-hydrogen) atoms. The summed E-state index contributed by atoms with van der Waals surface area (Å²) in [5.41, 5.74) is -0.253. The molecule has 0 atom stereocenters. The number of halogens is 1. The highest BCUT2D eigenvalue weighted by Gasteiger charge is 2.13.